The number of hydrogen-bond acceptors (Lipinski definition) is 3. The van der Waals surface area contributed by atoms with Gasteiger partial charge in [-0.3, -0.25) is 9.59 Å². The summed E-state index contributed by atoms with van der Waals surface area (Å²) >= 11 is 0. The number of ether oxygens (including phenoxy) is 1. The molecule has 92 valence electrons. The molecule has 0 aromatic heterocycles. The summed E-state index contributed by atoms with van der Waals surface area (Å²) in [5, 5.41) is 2.52. The summed E-state index contributed by atoms with van der Waals surface area (Å²) in [6, 6.07) is 5.48. The van der Waals surface area contributed by atoms with Gasteiger partial charge in [-0.05, 0) is 25.5 Å². The Balaban J connectivity index is 2.75. The van der Waals surface area contributed by atoms with Crippen LogP contribution in [0.1, 0.15) is 21.5 Å². The number of carbonyl (C=O) groups excluding carboxylic acids is 2. The van der Waals surface area contributed by atoms with E-state index in [0.717, 1.165) is 11.1 Å². The number of Topliss-reactive ketones (excluding diaryl/α,β-unsaturated/α-hetero) is 1. The van der Waals surface area contributed by atoms with Crippen LogP contribution >= 0.6 is 0 Å². The Morgan fingerprint density at radius 2 is 2.00 bits per heavy atom. The maximum atomic E-state index is 11.9. The van der Waals surface area contributed by atoms with Gasteiger partial charge in [0, 0.05) is 19.2 Å². The molecule has 0 bridgehead atoms. The quantitative estimate of drug-likeness (QED) is 0.475. The fraction of sp³-hybridized carbons (Fsp3) is 0.385. The second-order valence-electron chi connectivity index (χ2n) is 3.90. The highest BCUT2D eigenvalue weighted by Crippen LogP contribution is 2.11. The lowest BCUT2D eigenvalue weighted by Crippen LogP contribution is -2.33. The van der Waals surface area contributed by atoms with Crippen LogP contribution in [0.2, 0.25) is 0 Å². The summed E-state index contributed by atoms with van der Waals surface area (Å²) in [6.45, 7) is 4.44. The van der Waals surface area contributed by atoms with Gasteiger partial charge in [0.15, 0.2) is 0 Å². The van der Waals surface area contributed by atoms with Crippen LogP contribution in [-0.4, -0.2) is 32.0 Å². The van der Waals surface area contributed by atoms with Crippen LogP contribution in [0.4, 0.5) is 0 Å². The van der Waals surface area contributed by atoms with E-state index in [1.165, 1.54) is 0 Å². The first kappa shape index (κ1) is 13.4. The summed E-state index contributed by atoms with van der Waals surface area (Å²) in [5.41, 5.74) is 2.23. The Morgan fingerprint density at radius 1 is 1.29 bits per heavy atom. The molecule has 0 spiro atoms. The normalized spacial score (nSPS) is 10.1. The first-order valence-corrected chi connectivity index (χ1v) is 5.45. The van der Waals surface area contributed by atoms with Crippen LogP contribution in [0.3, 0.4) is 0 Å². The molecule has 1 amide bonds. The third kappa shape index (κ3) is 3.67. The van der Waals surface area contributed by atoms with E-state index in [9.17, 15) is 9.59 Å². The van der Waals surface area contributed by atoms with Crippen molar-refractivity contribution in [1.82, 2.24) is 5.32 Å². The Hall–Kier alpha value is -1.68. The summed E-state index contributed by atoms with van der Waals surface area (Å²) in [7, 11) is 1.54. The number of carbonyl (C=O) groups is 2. The minimum absolute atomic E-state index is 0.339. The van der Waals surface area contributed by atoms with Gasteiger partial charge in [-0.2, -0.15) is 0 Å². The topological polar surface area (TPSA) is 55.4 Å². The molecular formula is C13H17NO3. The second kappa shape index (κ2) is 6.15. The highest BCUT2D eigenvalue weighted by atomic mass is 16.5. The minimum atomic E-state index is -0.587. The predicted molar refractivity (Wildman–Crippen MR) is 65.1 cm³/mol. The third-order valence-electron chi connectivity index (χ3n) is 2.44. The van der Waals surface area contributed by atoms with Crippen molar-refractivity contribution < 1.29 is 14.3 Å². The molecule has 0 saturated carbocycles. The zero-order valence-corrected chi connectivity index (χ0v) is 10.4. The lowest BCUT2D eigenvalue weighted by atomic mass is 10.0. The van der Waals surface area contributed by atoms with Crippen molar-refractivity contribution in [1.29, 1.82) is 0 Å². The van der Waals surface area contributed by atoms with Crippen LogP contribution < -0.4 is 5.32 Å². The van der Waals surface area contributed by atoms with Crippen LogP contribution in [0.5, 0.6) is 0 Å². The first-order valence-electron chi connectivity index (χ1n) is 5.45. The molecule has 0 heterocycles. The number of nitrogens with one attached hydrogen (secondary N) is 1. The van der Waals surface area contributed by atoms with E-state index in [0.29, 0.717) is 18.7 Å². The van der Waals surface area contributed by atoms with E-state index >= 15 is 0 Å². The molecule has 1 aromatic rings. The fourth-order valence-electron chi connectivity index (χ4n) is 1.45. The van der Waals surface area contributed by atoms with E-state index in [1.54, 1.807) is 13.2 Å². The molecule has 1 aromatic carbocycles. The first-order chi connectivity index (χ1) is 8.06. The lowest BCUT2D eigenvalue weighted by Gasteiger charge is -2.06. The van der Waals surface area contributed by atoms with E-state index in [-0.39, 0.29) is 0 Å². The lowest BCUT2D eigenvalue weighted by molar-refractivity contribution is -0.117. The summed E-state index contributed by atoms with van der Waals surface area (Å²) < 4.78 is 4.79. The highest BCUT2D eigenvalue weighted by molar-refractivity contribution is 6.43. The smallest absolute Gasteiger partial charge is 0.292 e. The second-order valence-corrected chi connectivity index (χ2v) is 3.90. The maximum absolute atomic E-state index is 11.9. The molecular weight excluding hydrogens is 218 g/mol. The van der Waals surface area contributed by atoms with Crippen LogP contribution in [0, 0.1) is 13.8 Å². The number of hydrogen-bond donors (Lipinski definition) is 1. The molecule has 4 nitrogen and oxygen atoms in total. The van der Waals surface area contributed by atoms with Gasteiger partial charge in [0.1, 0.15) is 0 Å². The molecule has 0 aliphatic carbocycles. The third-order valence-corrected chi connectivity index (χ3v) is 2.44. The molecule has 0 fully saturated rings. The van der Waals surface area contributed by atoms with E-state index in [2.05, 4.69) is 5.32 Å². The molecule has 1 N–H and O–H groups in total. The van der Waals surface area contributed by atoms with Crippen molar-refractivity contribution in [2.75, 3.05) is 20.3 Å². The zero-order valence-electron chi connectivity index (χ0n) is 10.4. The largest absolute Gasteiger partial charge is 0.383 e. The number of methoxy groups -OCH3 is 1. The van der Waals surface area contributed by atoms with Crippen molar-refractivity contribution in [2.45, 2.75) is 13.8 Å². The number of aryl methyl sites for hydroxylation is 2. The zero-order chi connectivity index (χ0) is 12.8. The van der Waals surface area contributed by atoms with Crippen molar-refractivity contribution >= 4 is 11.7 Å². The van der Waals surface area contributed by atoms with E-state index in [4.69, 9.17) is 4.74 Å². The van der Waals surface area contributed by atoms with Gasteiger partial charge in [-0.25, -0.2) is 0 Å². The molecule has 0 aliphatic heterocycles. The average molecular weight is 235 g/mol. The van der Waals surface area contributed by atoms with Gasteiger partial charge in [-0.15, -0.1) is 0 Å². The summed E-state index contributed by atoms with van der Waals surface area (Å²) in [4.78, 5) is 23.4. The van der Waals surface area contributed by atoms with Gasteiger partial charge in [0.05, 0.1) is 6.61 Å². The van der Waals surface area contributed by atoms with Crippen LogP contribution in [-0.2, 0) is 9.53 Å². The Labute approximate surface area is 101 Å². The monoisotopic (exact) mass is 235 g/mol. The molecule has 0 unspecified atom stereocenters. The van der Waals surface area contributed by atoms with Crippen molar-refractivity contribution in [2.24, 2.45) is 0 Å². The predicted octanol–water partition coefficient (Wildman–Crippen LogP) is 1.25. The Bertz CT molecular complexity index is 427. The van der Waals surface area contributed by atoms with Gasteiger partial charge < -0.3 is 10.1 Å². The van der Waals surface area contributed by atoms with Gasteiger partial charge in [0.2, 0.25) is 5.78 Å². The van der Waals surface area contributed by atoms with Gasteiger partial charge in [-0.1, -0.05) is 17.7 Å². The summed E-state index contributed by atoms with van der Waals surface area (Å²) in [6.07, 6.45) is 0. The van der Waals surface area contributed by atoms with Crippen molar-refractivity contribution in [3.05, 3.63) is 34.9 Å². The number of rotatable bonds is 5. The Morgan fingerprint density at radius 3 is 2.65 bits per heavy atom. The maximum Gasteiger partial charge on any atom is 0.292 e. The minimum Gasteiger partial charge on any atom is -0.383 e. The summed E-state index contributed by atoms with van der Waals surface area (Å²) in [5.74, 6) is -1.09. The number of ketones is 1. The molecule has 17 heavy (non-hydrogen) atoms. The van der Waals surface area contributed by atoms with Crippen LogP contribution in [0.25, 0.3) is 0 Å². The van der Waals surface area contributed by atoms with Gasteiger partial charge >= 0.3 is 0 Å². The van der Waals surface area contributed by atoms with E-state index < -0.39 is 11.7 Å². The molecule has 4 heteroatoms. The van der Waals surface area contributed by atoms with E-state index in [1.807, 2.05) is 26.0 Å². The van der Waals surface area contributed by atoms with Crippen molar-refractivity contribution in [3.8, 4) is 0 Å². The number of amides is 1. The SMILES string of the molecule is COCCNC(=O)C(=O)c1cc(C)ccc1C. The fourth-order valence-corrected chi connectivity index (χ4v) is 1.45. The van der Waals surface area contributed by atoms with Crippen LogP contribution in [0.15, 0.2) is 18.2 Å². The Kier molecular flexibility index (Phi) is 4.84. The average Bonchev–Trinajstić information content (AvgIpc) is 2.31. The molecule has 0 radical (unpaired) electrons. The van der Waals surface area contributed by atoms with Crippen molar-refractivity contribution in [3.63, 3.8) is 0 Å². The number of benzene rings is 1. The van der Waals surface area contributed by atoms with Gasteiger partial charge in [0.25, 0.3) is 5.91 Å². The molecule has 0 aliphatic rings. The highest BCUT2D eigenvalue weighted by Gasteiger charge is 2.17. The molecule has 0 atom stereocenters. The molecule has 0 saturated heterocycles. The molecule has 1 rings (SSSR count). The standard InChI is InChI=1S/C13H17NO3/c1-9-4-5-10(2)11(8-9)12(15)13(16)14-6-7-17-3/h4-5,8H,6-7H2,1-3H3,(H,14,16).